The number of nitrogens with one attached hydrogen (secondary N) is 1. The van der Waals surface area contributed by atoms with Crippen LogP contribution in [0.1, 0.15) is 18.1 Å². The highest BCUT2D eigenvalue weighted by atomic mass is 16.5. The van der Waals surface area contributed by atoms with Gasteiger partial charge in [-0.15, -0.1) is 0 Å². The largest absolute Gasteiger partial charge is 0.496 e. The van der Waals surface area contributed by atoms with Gasteiger partial charge in [-0.05, 0) is 23.6 Å². The molecule has 1 N–H and O–H groups in total. The fourth-order valence-electron chi connectivity index (χ4n) is 2.22. The Labute approximate surface area is 114 Å². The van der Waals surface area contributed by atoms with Crippen LogP contribution in [-0.4, -0.2) is 26.9 Å². The third-order valence-electron chi connectivity index (χ3n) is 3.51. The van der Waals surface area contributed by atoms with Crippen molar-refractivity contribution in [3.05, 3.63) is 29.3 Å². The Hall–Kier alpha value is -1.57. The van der Waals surface area contributed by atoms with Crippen molar-refractivity contribution in [2.45, 2.75) is 19.9 Å². The number of hydrogen-bond donors (Lipinski definition) is 1. The summed E-state index contributed by atoms with van der Waals surface area (Å²) in [6, 6.07) is 8.55. The first-order valence-corrected chi connectivity index (χ1v) is 6.58. The van der Waals surface area contributed by atoms with E-state index < -0.39 is 0 Å². The van der Waals surface area contributed by atoms with Crippen LogP contribution in [0.5, 0.6) is 5.75 Å². The molecule has 0 aromatic heterocycles. The molecule has 4 nitrogen and oxygen atoms in total. The van der Waals surface area contributed by atoms with Gasteiger partial charge < -0.3 is 14.8 Å². The minimum atomic E-state index is -0.319. The third-order valence-corrected chi connectivity index (χ3v) is 3.51. The van der Waals surface area contributed by atoms with E-state index in [1.165, 1.54) is 11.1 Å². The Morgan fingerprint density at radius 1 is 1.47 bits per heavy atom. The molecule has 1 aromatic rings. The summed E-state index contributed by atoms with van der Waals surface area (Å²) in [5, 5.41) is 12.4. The average molecular weight is 260 g/mol. The molecule has 19 heavy (non-hydrogen) atoms. The van der Waals surface area contributed by atoms with E-state index in [0.717, 1.165) is 18.7 Å². The van der Waals surface area contributed by atoms with Crippen molar-refractivity contribution < 1.29 is 9.47 Å². The molecule has 1 aliphatic heterocycles. The number of benzene rings is 1. The highest BCUT2D eigenvalue weighted by Gasteiger charge is 2.38. The fraction of sp³-hybridized carbons (Fsp3) is 0.533. The number of aryl methyl sites for hydroxylation is 1. The Morgan fingerprint density at radius 2 is 2.26 bits per heavy atom. The SMILES string of the molecule is CCc1cc(CNCC2(C#N)COC2)ccc1OC. The first-order chi connectivity index (χ1) is 9.23. The molecule has 0 radical (unpaired) electrons. The van der Waals surface area contributed by atoms with Gasteiger partial charge in [-0.2, -0.15) is 5.26 Å². The van der Waals surface area contributed by atoms with Gasteiger partial charge in [0.2, 0.25) is 0 Å². The first-order valence-electron chi connectivity index (χ1n) is 6.58. The summed E-state index contributed by atoms with van der Waals surface area (Å²) in [7, 11) is 1.69. The Bertz CT molecular complexity index is 476. The molecule has 0 saturated carbocycles. The lowest BCUT2D eigenvalue weighted by Crippen LogP contribution is -2.48. The van der Waals surface area contributed by atoms with E-state index in [2.05, 4.69) is 30.4 Å². The molecule has 0 bridgehead atoms. The summed E-state index contributed by atoms with van der Waals surface area (Å²) in [5.41, 5.74) is 2.11. The summed E-state index contributed by atoms with van der Waals surface area (Å²) in [6.07, 6.45) is 0.951. The van der Waals surface area contributed by atoms with Crippen molar-refractivity contribution in [2.75, 3.05) is 26.9 Å². The molecular weight excluding hydrogens is 240 g/mol. The first kappa shape index (κ1) is 13.9. The average Bonchev–Trinajstić information content (AvgIpc) is 2.41. The monoisotopic (exact) mass is 260 g/mol. The van der Waals surface area contributed by atoms with Gasteiger partial charge in [0.15, 0.2) is 0 Å². The van der Waals surface area contributed by atoms with E-state index in [-0.39, 0.29) is 5.41 Å². The maximum absolute atomic E-state index is 9.10. The van der Waals surface area contributed by atoms with Crippen LogP contribution in [0, 0.1) is 16.7 Å². The minimum absolute atomic E-state index is 0.319. The third kappa shape index (κ3) is 3.06. The normalized spacial score (nSPS) is 16.5. The summed E-state index contributed by atoms with van der Waals surface area (Å²) in [4.78, 5) is 0. The predicted molar refractivity (Wildman–Crippen MR) is 72.9 cm³/mol. The molecule has 1 fully saturated rings. The molecular formula is C15H20N2O2. The Kier molecular flexibility index (Phi) is 4.41. The Balaban J connectivity index is 1.91. The molecule has 2 rings (SSSR count). The zero-order chi connectivity index (χ0) is 13.7. The molecule has 0 amide bonds. The van der Waals surface area contributed by atoms with E-state index in [0.29, 0.717) is 19.8 Å². The molecule has 1 aliphatic rings. The predicted octanol–water partition coefficient (Wildman–Crippen LogP) is 1.89. The summed E-state index contributed by atoms with van der Waals surface area (Å²) >= 11 is 0. The van der Waals surface area contributed by atoms with Crippen LogP contribution in [-0.2, 0) is 17.7 Å². The zero-order valence-corrected chi connectivity index (χ0v) is 11.5. The maximum atomic E-state index is 9.10. The van der Waals surface area contributed by atoms with Crippen LogP contribution in [0.3, 0.4) is 0 Å². The highest BCUT2D eigenvalue weighted by Crippen LogP contribution is 2.25. The second-order valence-corrected chi connectivity index (χ2v) is 4.99. The second-order valence-electron chi connectivity index (χ2n) is 4.99. The van der Waals surface area contributed by atoms with E-state index >= 15 is 0 Å². The van der Waals surface area contributed by atoms with Crippen molar-refractivity contribution in [3.8, 4) is 11.8 Å². The van der Waals surface area contributed by atoms with E-state index in [4.69, 9.17) is 14.7 Å². The quantitative estimate of drug-likeness (QED) is 0.848. The van der Waals surface area contributed by atoms with Gasteiger partial charge >= 0.3 is 0 Å². The van der Waals surface area contributed by atoms with Crippen molar-refractivity contribution in [2.24, 2.45) is 5.41 Å². The molecule has 1 saturated heterocycles. The smallest absolute Gasteiger partial charge is 0.122 e. The van der Waals surface area contributed by atoms with E-state index in [1.807, 2.05) is 6.07 Å². The van der Waals surface area contributed by atoms with Crippen LogP contribution in [0.25, 0.3) is 0 Å². The highest BCUT2D eigenvalue weighted by molar-refractivity contribution is 5.37. The molecule has 0 atom stereocenters. The zero-order valence-electron chi connectivity index (χ0n) is 11.5. The minimum Gasteiger partial charge on any atom is -0.496 e. The summed E-state index contributed by atoms with van der Waals surface area (Å²) in [6.45, 7) is 4.64. The van der Waals surface area contributed by atoms with Crippen LogP contribution >= 0.6 is 0 Å². The molecule has 0 spiro atoms. The topological polar surface area (TPSA) is 54.3 Å². The summed E-state index contributed by atoms with van der Waals surface area (Å²) < 4.78 is 10.4. The fourth-order valence-corrected chi connectivity index (χ4v) is 2.22. The summed E-state index contributed by atoms with van der Waals surface area (Å²) in [5.74, 6) is 0.937. The van der Waals surface area contributed by atoms with Gasteiger partial charge in [-0.1, -0.05) is 19.1 Å². The molecule has 102 valence electrons. The molecule has 0 unspecified atom stereocenters. The second kappa shape index (κ2) is 6.05. The van der Waals surface area contributed by atoms with Gasteiger partial charge in [0, 0.05) is 13.1 Å². The van der Waals surface area contributed by atoms with E-state index in [1.54, 1.807) is 7.11 Å². The number of nitriles is 1. The number of hydrogen-bond acceptors (Lipinski definition) is 4. The molecule has 1 aromatic carbocycles. The molecule has 0 aliphatic carbocycles. The number of rotatable bonds is 6. The lowest BCUT2D eigenvalue weighted by molar-refractivity contribution is -0.0755. The number of ether oxygens (including phenoxy) is 2. The van der Waals surface area contributed by atoms with E-state index in [9.17, 15) is 0 Å². The van der Waals surface area contributed by atoms with Crippen molar-refractivity contribution in [1.82, 2.24) is 5.32 Å². The maximum Gasteiger partial charge on any atom is 0.122 e. The number of methoxy groups -OCH3 is 1. The lowest BCUT2D eigenvalue weighted by atomic mass is 9.88. The molecule has 4 heteroatoms. The number of nitrogens with zero attached hydrogens (tertiary/aromatic N) is 1. The van der Waals surface area contributed by atoms with Crippen molar-refractivity contribution in [3.63, 3.8) is 0 Å². The lowest BCUT2D eigenvalue weighted by Gasteiger charge is -2.35. The van der Waals surface area contributed by atoms with Crippen molar-refractivity contribution in [1.29, 1.82) is 5.26 Å². The van der Waals surface area contributed by atoms with Crippen LogP contribution in [0.15, 0.2) is 18.2 Å². The van der Waals surface area contributed by atoms with Crippen LogP contribution in [0.2, 0.25) is 0 Å². The van der Waals surface area contributed by atoms with Crippen LogP contribution < -0.4 is 10.1 Å². The molecule has 1 heterocycles. The van der Waals surface area contributed by atoms with Gasteiger partial charge in [0.05, 0.1) is 26.4 Å². The Morgan fingerprint density at radius 3 is 2.79 bits per heavy atom. The van der Waals surface area contributed by atoms with Gasteiger partial charge in [0.25, 0.3) is 0 Å². The van der Waals surface area contributed by atoms with Crippen molar-refractivity contribution >= 4 is 0 Å². The standard InChI is InChI=1S/C15H20N2O2/c1-3-13-6-12(4-5-14(13)18-2)7-17-9-15(8-16)10-19-11-15/h4-6,17H,3,7,9-11H2,1-2H3. The van der Waals surface area contributed by atoms with Gasteiger partial charge in [0.1, 0.15) is 11.2 Å². The van der Waals surface area contributed by atoms with Crippen LogP contribution in [0.4, 0.5) is 0 Å². The van der Waals surface area contributed by atoms with Gasteiger partial charge in [-0.25, -0.2) is 0 Å². The van der Waals surface area contributed by atoms with Gasteiger partial charge in [-0.3, -0.25) is 0 Å².